The van der Waals surface area contributed by atoms with Gasteiger partial charge in [0.25, 0.3) is 0 Å². The summed E-state index contributed by atoms with van der Waals surface area (Å²) in [6.07, 6.45) is 1.46. The summed E-state index contributed by atoms with van der Waals surface area (Å²) in [7, 11) is 0. The van der Waals surface area contributed by atoms with Crippen LogP contribution in [-0.4, -0.2) is 15.5 Å². The summed E-state index contributed by atoms with van der Waals surface area (Å²) < 4.78 is 0. The van der Waals surface area contributed by atoms with E-state index in [1.54, 1.807) is 0 Å². The van der Waals surface area contributed by atoms with E-state index in [-0.39, 0.29) is 5.38 Å². The first kappa shape index (κ1) is 5.67. The minimum Gasteiger partial charge on any atom is -0.373 e. The van der Waals surface area contributed by atoms with Crippen LogP contribution in [-0.2, 0) is 0 Å². The van der Waals surface area contributed by atoms with Crippen molar-refractivity contribution in [2.45, 2.75) is 23.3 Å². The Labute approximate surface area is 52.2 Å². The van der Waals surface area contributed by atoms with Gasteiger partial charge in [0.15, 0.2) is 5.06 Å². The second-order valence-corrected chi connectivity index (χ2v) is 3.01. The molecular formula is C4H6Cl2O. The molecule has 0 aromatic heterocycles. The van der Waals surface area contributed by atoms with Gasteiger partial charge in [-0.2, -0.15) is 0 Å². The zero-order chi connectivity index (χ0) is 5.49. The summed E-state index contributed by atoms with van der Waals surface area (Å²) >= 11 is 10.8. The molecular weight excluding hydrogens is 135 g/mol. The fourth-order valence-electron chi connectivity index (χ4n) is 0.492. The third-order valence-electron chi connectivity index (χ3n) is 1.23. The molecule has 0 saturated heterocycles. The quantitative estimate of drug-likeness (QED) is 0.504. The van der Waals surface area contributed by atoms with Crippen molar-refractivity contribution in [2.24, 2.45) is 0 Å². The molecule has 42 valence electrons. The zero-order valence-corrected chi connectivity index (χ0v) is 5.21. The van der Waals surface area contributed by atoms with E-state index in [9.17, 15) is 0 Å². The molecule has 1 fully saturated rings. The Hall–Kier alpha value is 0.540. The van der Waals surface area contributed by atoms with Crippen LogP contribution in [0, 0.1) is 0 Å². The van der Waals surface area contributed by atoms with Gasteiger partial charge < -0.3 is 5.11 Å². The van der Waals surface area contributed by atoms with E-state index in [1.165, 1.54) is 0 Å². The van der Waals surface area contributed by atoms with E-state index < -0.39 is 5.06 Å². The predicted molar refractivity (Wildman–Crippen MR) is 29.7 cm³/mol. The van der Waals surface area contributed by atoms with Crippen molar-refractivity contribution < 1.29 is 5.11 Å². The Morgan fingerprint density at radius 3 is 2.14 bits per heavy atom. The van der Waals surface area contributed by atoms with Crippen LogP contribution >= 0.6 is 23.2 Å². The first-order valence-electron chi connectivity index (χ1n) is 2.18. The van der Waals surface area contributed by atoms with Gasteiger partial charge in [-0.15, -0.1) is 11.6 Å². The highest BCUT2D eigenvalue weighted by atomic mass is 35.5. The smallest absolute Gasteiger partial charge is 0.154 e. The average Bonchev–Trinajstić information content (AvgIpc) is 1.63. The molecule has 3 heteroatoms. The molecule has 1 saturated carbocycles. The maximum atomic E-state index is 8.82. The lowest BCUT2D eigenvalue weighted by molar-refractivity contribution is 0.0553. The SMILES string of the molecule is OC1(Cl)CCC1Cl. The number of hydrogen-bond donors (Lipinski definition) is 1. The first-order valence-corrected chi connectivity index (χ1v) is 3.00. The molecule has 2 unspecified atom stereocenters. The minimum atomic E-state index is -1.08. The topological polar surface area (TPSA) is 20.2 Å². The van der Waals surface area contributed by atoms with E-state index in [1.807, 2.05) is 0 Å². The zero-order valence-electron chi connectivity index (χ0n) is 3.69. The predicted octanol–water partition coefficient (Wildman–Crippen LogP) is 1.31. The third-order valence-corrected chi connectivity index (χ3v) is 2.37. The number of aliphatic hydroxyl groups is 1. The van der Waals surface area contributed by atoms with Crippen LogP contribution in [0.3, 0.4) is 0 Å². The molecule has 0 aliphatic heterocycles. The fraction of sp³-hybridized carbons (Fsp3) is 1.00. The molecule has 7 heavy (non-hydrogen) atoms. The summed E-state index contributed by atoms with van der Waals surface area (Å²) in [5, 5.41) is 7.51. The molecule has 0 bridgehead atoms. The number of hydrogen-bond acceptors (Lipinski definition) is 1. The number of alkyl halides is 2. The van der Waals surface area contributed by atoms with Crippen LogP contribution in [0.2, 0.25) is 0 Å². The highest BCUT2D eigenvalue weighted by molar-refractivity contribution is 6.32. The highest BCUT2D eigenvalue weighted by Crippen LogP contribution is 2.39. The molecule has 0 aromatic rings. The molecule has 1 nitrogen and oxygen atoms in total. The second-order valence-electron chi connectivity index (χ2n) is 1.82. The molecule has 1 aliphatic carbocycles. The van der Waals surface area contributed by atoms with Crippen LogP contribution in [0.1, 0.15) is 12.8 Å². The van der Waals surface area contributed by atoms with E-state index in [4.69, 9.17) is 28.3 Å². The molecule has 0 heterocycles. The van der Waals surface area contributed by atoms with Crippen molar-refractivity contribution in [3.63, 3.8) is 0 Å². The molecule has 1 rings (SSSR count). The Balaban J connectivity index is 2.43. The van der Waals surface area contributed by atoms with Gasteiger partial charge in [-0.3, -0.25) is 0 Å². The highest BCUT2D eigenvalue weighted by Gasteiger charge is 2.42. The Morgan fingerprint density at radius 1 is 1.71 bits per heavy atom. The lowest BCUT2D eigenvalue weighted by Crippen LogP contribution is -2.42. The molecule has 0 amide bonds. The van der Waals surface area contributed by atoms with E-state index in [0.717, 1.165) is 6.42 Å². The van der Waals surface area contributed by atoms with Crippen LogP contribution in [0.5, 0.6) is 0 Å². The summed E-state index contributed by atoms with van der Waals surface area (Å²) in [5.41, 5.74) is 0. The average molecular weight is 141 g/mol. The normalized spacial score (nSPS) is 51.0. The van der Waals surface area contributed by atoms with E-state index >= 15 is 0 Å². The Bertz CT molecular complexity index is 81.8. The Kier molecular flexibility index (Phi) is 1.22. The maximum absolute atomic E-state index is 8.82. The molecule has 0 aromatic carbocycles. The van der Waals surface area contributed by atoms with E-state index in [0.29, 0.717) is 6.42 Å². The van der Waals surface area contributed by atoms with Gasteiger partial charge in [-0.1, -0.05) is 11.6 Å². The minimum absolute atomic E-state index is 0.228. The largest absolute Gasteiger partial charge is 0.373 e. The van der Waals surface area contributed by atoms with Crippen LogP contribution in [0.25, 0.3) is 0 Å². The van der Waals surface area contributed by atoms with Crippen molar-refractivity contribution in [1.82, 2.24) is 0 Å². The van der Waals surface area contributed by atoms with E-state index in [2.05, 4.69) is 0 Å². The van der Waals surface area contributed by atoms with Gasteiger partial charge in [-0.25, -0.2) is 0 Å². The summed E-state index contributed by atoms with van der Waals surface area (Å²) in [6.45, 7) is 0. The lowest BCUT2D eigenvalue weighted by atomic mass is 9.95. The lowest BCUT2D eigenvalue weighted by Gasteiger charge is -2.35. The van der Waals surface area contributed by atoms with Gasteiger partial charge in [0.2, 0.25) is 0 Å². The van der Waals surface area contributed by atoms with Gasteiger partial charge in [0.05, 0.1) is 5.38 Å². The third kappa shape index (κ3) is 0.857. The van der Waals surface area contributed by atoms with Crippen molar-refractivity contribution in [3.05, 3.63) is 0 Å². The van der Waals surface area contributed by atoms with Gasteiger partial charge in [0.1, 0.15) is 0 Å². The fourth-order valence-corrected chi connectivity index (χ4v) is 0.928. The second kappa shape index (κ2) is 1.51. The van der Waals surface area contributed by atoms with Crippen molar-refractivity contribution in [1.29, 1.82) is 0 Å². The van der Waals surface area contributed by atoms with Crippen molar-refractivity contribution >= 4 is 23.2 Å². The maximum Gasteiger partial charge on any atom is 0.154 e. The van der Waals surface area contributed by atoms with Gasteiger partial charge in [0, 0.05) is 0 Å². The first-order chi connectivity index (χ1) is 3.13. The molecule has 1 aliphatic rings. The van der Waals surface area contributed by atoms with Crippen LogP contribution in [0.4, 0.5) is 0 Å². The number of rotatable bonds is 0. The van der Waals surface area contributed by atoms with Crippen LogP contribution in [0.15, 0.2) is 0 Å². The summed E-state index contributed by atoms with van der Waals surface area (Å²) in [5.74, 6) is 0. The number of halogens is 2. The van der Waals surface area contributed by atoms with Gasteiger partial charge in [-0.05, 0) is 12.8 Å². The van der Waals surface area contributed by atoms with Crippen molar-refractivity contribution in [3.8, 4) is 0 Å². The standard InChI is InChI=1S/C4H6Cl2O/c5-3-1-2-4(3,6)7/h3,7H,1-2H2. The molecule has 0 radical (unpaired) electrons. The van der Waals surface area contributed by atoms with Crippen molar-refractivity contribution in [2.75, 3.05) is 0 Å². The molecule has 0 spiro atoms. The van der Waals surface area contributed by atoms with Crippen LogP contribution < -0.4 is 0 Å². The summed E-state index contributed by atoms with van der Waals surface area (Å²) in [4.78, 5) is 0. The Morgan fingerprint density at radius 2 is 2.14 bits per heavy atom. The molecule has 1 N–H and O–H groups in total. The van der Waals surface area contributed by atoms with Gasteiger partial charge >= 0.3 is 0 Å². The molecule has 2 atom stereocenters. The summed E-state index contributed by atoms with van der Waals surface area (Å²) in [6, 6.07) is 0. The monoisotopic (exact) mass is 140 g/mol.